The molecule has 2 aliphatic heterocycles. The fourth-order valence-corrected chi connectivity index (χ4v) is 5.15. The molecule has 2 heterocycles. The van der Waals surface area contributed by atoms with Gasteiger partial charge in [-0.3, -0.25) is 0 Å². The molecule has 2 fully saturated rings. The van der Waals surface area contributed by atoms with Crippen molar-refractivity contribution < 1.29 is 17.9 Å². The first-order valence-electron chi connectivity index (χ1n) is 6.47. The highest BCUT2D eigenvalue weighted by Gasteiger charge is 2.48. The molecule has 0 aliphatic carbocycles. The Morgan fingerprint density at radius 3 is 2.71 bits per heavy atom. The molecule has 0 saturated carbocycles. The monoisotopic (exact) mass is 328 g/mol. The predicted molar refractivity (Wildman–Crippen MR) is 84.0 cm³/mol. The van der Waals surface area contributed by atoms with E-state index in [2.05, 4.69) is 5.32 Å². The molecule has 8 heteroatoms. The molecule has 1 aromatic rings. The summed E-state index contributed by atoms with van der Waals surface area (Å²) < 4.78 is 34.2. The third kappa shape index (κ3) is 2.42. The number of nitrogens with one attached hydrogen (secondary N) is 1. The van der Waals surface area contributed by atoms with Gasteiger partial charge in [-0.25, -0.2) is 8.42 Å². The number of anilines is 1. The molecule has 0 unspecified atom stereocenters. The van der Waals surface area contributed by atoms with Crippen LogP contribution < -0.4 is 19.7 Å². The number of benzene rings is 1. The molecule has 6 nitrogen and oxygen atoms in total. The summed E-state index contributed by atoms with van der Waals surface area (Å²) >= 11 is 5.35. The second-order valence-electron chi connectivity index (χ2n) is 5.11. The zero-order valence-electron chi connectivity index (χ0n) is 11.7. The van der Waals surface area contributed by atoms with E-state index in [-0.39, 0.29) is 23.6 Å². The lowest BCUT2D eigenvalue weighted by molar-refractivity contribution is 0.394. The maximum absolute atomic E-state index is 11.8. The highest BCUT2D eigenvalue weighted by atomic mass is 32.2. The van der Waals surface area contributed by atoms with Crippen molar-refractivity contribution in [3.05, 3.63) is 18.2 Å². The summed E-state index contributed by atoms with van der Waals surface area (Å²) in [5.74, 6) is 1.49. The largest absolute Gasteiger partial charge is 0.497 e. The number of thiocarbonyl (C=S) groups is 1. The van der Waals surface area contributed by atoms with Crippen molar-refractivity contribution in [2.24, 2.45) is 0 Å². The molecular weight excluding hydrogens is 312 g/mol. The molecule has 0 bridgehead atoms. The van der Waals surface area contributed by atoms with Gasteiger partial charge < -0.3 is 19.7 Å². The van der Waals surface area contributed by atoms with Gasteiger partial charge in [0.15, 0.2) is 14.9 Å². The smallest absolute Gasteiger partial charge is 0.174 e. The number of methoxy groups -OCH3 is 2. The first-order chi connectivity index (χ1) is 9.95. The molecule has 114 valence electrons. The Kier molecular flexibility index (Phi) is 3.45. The van der Waals surface area contributed by atoms with Crippen LogP contribution in [0.2, 0.25) is 0 Å². The third-order valence-corrected chi connectivity index (χ3v) is 5.86. The quantitative estimate of drug-likeness (QED) is 0.813. The molecule has 1 N–H and O–H groups in total. The second-order valence-corrected chi connectivity index (χ2v) is 7.65. The SMILES string of the molecule is COc1ccc(N2C(=S)N[C@H]3CS(=O)(=O)C[C@@H]32)c(OC)c1. The van der Waals surface area contributed by atoms with Crippen LogP contribution in [-0.4, -0.2) is 51.3 Å². The summed E-state index contributed by atoms with van der Waals surface area (Å²) in [7, 11) is 0.111. The highest BCUT2D eigenvalue weighted by molar-refractivity contribution is 7.91. The van der Waals surface area contributed by atoms with Gasteiger partial charge >= 0.3 is 0 Å². The maximum Gasteiger partial charge on any atom is 0.174 e. The molecule has 0 radical (unpaired) electrons. The average Bonchev–Trinajstić information content (AvgIpc) is 2.88. The first kappa shape index (κ1) is 14.4. The molecule has 1 aromatic carbocycles. The summed E-state index contributed by atoms with van der Waals surface area (Å²) in [6.07, 6.45) is 0. The Morgan fingerprint density at radius 2 is 2.05 bits per heavy atom. The van der Waals surface area contributed by atoms with Crippen LogP contribution in [0.1, 0.15) is 0 Å². The fourth-order valence-electron chi connectivity index (χ4n) is 2.87. The summed E-state index contributed by atoms with van der Waals surface area (Å²) in [5, 5.41) is 3.62. The summed E-state index contributed by atoms with van der Waals surface area (Å²) in [6, 6.07) is 5.05. The van der Waals surface area contributed by atoms with E-state index >= 15 is 0 Å². The lowest BCUT2D eigenvalue weighted by Crippen LogP contribution is -2.37. The van der Waals surface area contributed by atoms with E-state index in [0.717, 1.165) is 5.69 Å². The minimum Gasteiger partial charge on any atom is -0.497 e. The van der Waals surface area contributed by atoms with Gasteiger partial charge in [-0.05, 0) is 24.4 Å². The minimum atomic E-state index is -3.03. The van der Waals surface area contributed by atoms with Gasteiger partial charge in [-0.2, -0.15) is 0 Å². The third-order valence-electron chi connectivity index (χ3n) is 3.83. The zero-order chi connectivity index (χ0) is 15.2. The van der Waals surface area contributed by atoms with Crippen LogP contribution in [0.25, 0.3) is 0 Å². The van der Waals surface area contributed by atoms with Crippen LogP contribution in [0.4, 0.5) is 5.69 Å². The lowest BCUT2D eigenvalue weighted by atomic mass is 10.1. The summed E-state index contributed by atoms with van der Waals surface area (Å²) in [5.41, 5.74) is 0.750. The highest BCUT2D eigenvalue weighted by Crippen LogP contribution is 2.37. The van der Waals surface area contributed by atoms with Crippen molar-refractivity contribution in [2.75, 3.05) is 30.6 Å². The number of nitrogens with zero attached hydrogens (tertiary/aromatic N) is 1. The van der Waals surface area contributed by atoms with Gasteiger partial charge in [-0.1, -0.05) is 0 Å². The average molecular weight is 328 g/mol. The molecule has 21 heavy (non-hydrogen) atoms. The van der Waals surface area contributed by atoms with E-state index < -0.39 is 9.84 Å². The van der Waals surface area contributed by atoms with Crippen LogP contribution in [0.3, 0.4) is 0 Å². The Bertz CT molecular complexity index is 689. The summed E-state index contributed by atoms with van der Waals surface area (Å²) in [4.78, 5) is 1.84. The van der Waals surface area contributed by atoms with E-state index in [1.807, 2.05) is 11.0 Å². The number of sulfone groups is 1. The van der Waals surface area contributed by atoms with Crippen LogP contribution >= 0.6 is 12.2 Å². The zero-order valence-corrected chi connectivity index (χ0v) is 13.3. The number of rotatable bonds is 3. The Labute approximate surface area is 128 Å². The molecule has 2 atom stereocenters. The molecule has 2 saturated heterocycles. The van der Waals surface area contributed by atoms with E-state index in [1.165, 1.54) is 0 Å². The van der Waals surface area contributed by atoms with Crippen molar-refractivity contribution in [3.8, 4) is 11.5 Å². The van der Waals surface area contributed by atoms with E-state index in [4.69, 9.17) is 21.7 Å². The van der Waals surface area contributed by atoms with E-state index in [1.54, 1.807) is 26.4 Å². The molecule has 2 aliphatic rings. The minimum absolute atomic E-state index is 0.0972. The molecular formula is C13H16N2O4S2. The van der Waals surface area contributed by atoms with Gasteiger partial charge in [0.05, 0.1) is 43.5 Å². The van der Waals surface area contributed by atoms with Crippen LogP contribution in [0.5, 0.6) is 11.5 Å². The Balaban J connectivity index is 2.01. The molecule has 3 rings (SSSR count). The van der Waals surface area contributed by atoms with Gasteiger partial charge in [-0.15, -0.1) is 0 Å². The van der Waals surface area contributed by atoms with Crippen molar-refractivity contribution >= 4 is 32.9 Å². The van der Waals surface area contributed by atoms with Crippen LogP contribution in [-0.2, 0) is 9.84 Å². The van der Waals surface area contributed by atoms with Crippen molar-refractivity contribution in [2.45, 2.75) is 12.1 Å². The fraction of sp³-hybridized carbons (Fsp3) is 0.462. The molecule has 0 aromatic heterocycles. The van der Waals surface area contributed by atoms with Crippen molar-refractivity contribution in [1.29, 1.82) is 0 Å². The standard InChI is InChI=1S/C13H16N2O4S2/c1-18-8-3-4-10(12(5-8)19-2)15-11-7-21(16,17)6-9(11)14-13(15)20/h3-5,9,11H,6-7H2,1-2H3,(H,14,20)/t9-,11-/m0/s1. The Hall–Kier alpha value is -1.54. The van der Waals surface area contributed by atoms with Crippen molar-refractivity contribution in [1.82, 2.24) is 5.32 Å². The molecule has 0 amide bonds. The van der Waals surface area contributed by atoms with Crippen LogP contribution in [0, 0.1) is 0 Å². The van der Waals surface area contributed by atoms with Gasteiger partial charge in [0.1, 0.15) is 11.5 Å². The predicted octanol–water partition coefficient (Wildman–Crippen LogP) is 0.564. The van der Waals surface area contributed by atoms with Gasteiger partial charge in [0.2, 0.25) is 0 Å². The van der Waals surface area contributed by atoms with Gasteiger partial charge in [0, 0.05) is 6.07 Å². The van der Waals surface area contributed by atoms with E-state index in [0.29, 0.717) is 16.6 Å². The lowest BCUT2D eigenvalue weighted by Gasteiger charge is -2.25. The number of ether oxygens (including phenoxy) is 2. The Morgan fingerprint density at radius 1 is 1.29 bits per heavy atom. The first-order valence-corrected chi connectivity index (χ1v) is 8.70. The van der Waals surface area contributed by atoms with E-state index in [9.17, 15) is 8.42 Å². The van der Waals surface area contributed by atoms with Crippen LogP contribution in [0.15, 0.2) is 18.2 Å². The second kappa shape index (κ2) is 5.03. The number of fused-ring (bicyclic) bond motifs is 1. The topological polar surface area (TPSA) is 67.9 Å². The number of hydrogen-bond acceptors (Lipinski definition) is 5. The number of hydrogen-bond donors (Lipinski definition) is 1. The summed E-state index contributed by atoms with van der Waals surface area (Å²) in [6.45, 7) is 0. The maximum atomic E-state index is 11.8. The van der Waals surface area contributed by atoms with Gasteiger partial charge in [0.25, 0.3) is 0 Å². The normalized spacial score (nSPS) is 26.4. The molecule has 0 spiro atoms. The van der Waals surface area contributed by atoms with Crippen molar-refractivity contribution in [3.63, 3.8) is 0 Å².